The third kappa shape index (κ3) is 5.26. The van der Waals surface area contributed by atoms with E-state index in [2.05, 4.69) is 0 Å². The molecular formula is C20H10F14Te. The Morgan fingerprint density at radius 2 is 1.03 bits per heavy atom. The van der Waals surface area contributed by atoms with E-state index in [4.69, 9.17) is 0 Å². The summed E-state index contributed by atoms with van der Waals surface area (Å²) >= 11 is -2.21. The van der Waals surface area contributed by atoms with Gasteiger partial charge in [-0.1, -0.05) is 0 Å². The molecule has 0 saturated carbocycles. The van der Waals surface area contributed by atoms with Crippen molar-refractivity contribution in [3.8, 4) is 0 Å². The first kappa shape index (κ1) is 29.2. The summed E-state index contributed by atoms with van der Waals surface area (Å²) in [5, 5.41) is 0. The molecule has 2 aromatic carbocycles. The number of rotatable bonds is 8. The van der Waals surface area contributed by atoms with E-state index < -0.39 is 77.8 Å². The van der Waals surface area contributed by atoms with E-state index in [9.17, 15) is 61.5 Å². The van der Waals surface area contributed by atoms with E-state index in [1.807, 2.05) is 0 Å². The maximum atomic E-state index is 14.4. The van der Waals surface area contributed by atoms with Crippen molar-refractivity contribution in [1.82, 2.24) is 0 Å². The zero-order valence-corrected chi connectivity index (χ0v) is 18.8. The topological polar surface area (TPSA) is 0 Å². The van der Waals surface area contributed by atoms with Crippen LogP contribution in [0.15, 0.2) is 60.7 Å². The zero-order chi connectivity index (χ0) is 27.1. The van der Waals surface area contributed by atoms with Crippen molar-refractivity contribution in [2.75, 3.05) is 0 Å². The Balaban J connectivity index is 2.65. The molecule has 0 spiro atoms. The molecule has 0 saturated heterocycles. The molecule has 0 N–H and O–H groups in total. The second kappa shape index (κ2) is 9.46. The molecule has 2 rings (SSSR count). The Hall–Kier alpha value is -2.01. The van der Waals surface area contributed by atoms with Gasteiger partial charge in [0.1, 0.15) is 0 Å². The molecule has 15 heteroatoms. The van der Waals surface area contributed by atoms with Gasteiger partial charge in [0.05, 0.1) is 0 Å². The average Bonchev–Trinajstić information content (AvgIpc) is 2.73. The summed E-state index contributed by atoms with van der Waals surface area (Å²) < 4.78 is 187. The van der Waals surface area contributed by atoms with E-state index in [-0.39, 0.29) is 3.61 Å². The van der Waals surface area contributed by atoms with Crippen LogP contribution < -0.4 is 3.61 Å². The van der Waals surface area contributed by atoms with Gasteiger partial charge in [-0.25, -0.2) is 0 Å². The van der Waals surface area contributed by atoms with Crippen LogP contribution in [0.2, 0.25) is 0 Å². The SMILES string of the molecule is Fc1ccc(/C(=C\C(F)(F)C(F)(F)C(F)(F)C(F)(F)C(F)(F)C(F)(F)F)[Te]c2ccccc2)cc1. The first-order chi connectivity index (χ1) is 15.7. The fraction of sp³-hybridized carbons (Fsp3) is 0.300. The Labute approximate surface area is 197 Å². The van der Waals surface area contributed by atoms with Crippen molar-refractivity contribution in [2.24, 2.45) is 0 Å². The molecule has 194 valence electrons. The molecule has 0 atom stereocenters. The van der Waals surface area contributed by atoms with E-state index in [0.29, 0.717) is 12.1 Å². The number of benzene rings is 2. The number of alkyl halides is 13. The fourth-order valence-electron chi connectivity index (χ4n) is 2.44. The van der Waals surface area contributed by atoms with E-state index in [1.165, 1.54) is 30.3 Å². The molecule has 0 amide bonds. The number of allylic oxidation sites excluding steroid dienone is 1. The predicted octanol–water partition coefficient (Wildman–Crippen LogP) is 6.94. The van der Waals surface area contributed by atoms with Crippen LogP contribution in [0.25, 0.3) is 3.62 Å². The van der Waals surface area contributed by atoms with E-state index in [1.54, 1.807) is 0 Å². The molecule has 0 nitrogen and oxygen atoms in total. The predicted molar refractivity (Wildman–Crippen MR) is 97.0 cm³/mol. The van der Waals surface area contributed by atoms with Crippen molar-refractivity contribution in [2.45, 2.75) is 35.8 Å². The van der Waals surface area contributed by atoms with Gasteiger partial charge in [0.25, 0.3) is 0 Å². The summed E-state index contributed by atoms with van der Waals surface area (Å²) in [4.78, 5) is 0. The molecule has 2 aromatic rings. The molecule has 35 heavy (non-hydrogen) atoms. The molecule has 0 aliphatic heterocycles. The average molecular weight is 644 g/mol. The van der Waals surface area contributed by atoms with Gasteiger partial charge in [-0.15, -0.1) is 0 Å². The summed E-state index contributed by atoms with van der Waals surface area (Å²) in [7, 11) is 0. The van der Waals surface area contributed by atoms with Gasteiger partial charge >= 0.3 is 197 Å². The first-order valence-electron chi connectivity index (χ1n) is 8.86. The van der Waals surface area contributed by atoms with Crippen molar-refractivity contribution in [3.63, 3.8) is 0 Å². The van der Waals surface area contributed by atoms with Crippen LogP contribution in [0, 0.1) is 5.82 Å². The quantitative estimate of drug-likeness (QED) is 0.216. The van der Waals surface area contributed by atoms with Crippen LogP contribution >= 0.6 is 0 Å². The van der Waals surface area contributed by atoms with E-state index >= 15 is 0 Å². The van der Waals surface area contributed by atoms with Gasteiger partial charge < -0.3 is 0 Å². The molecule has 0 aliphatic carbocycles. The molecule has 0 aliphatic rings. The van der Waals surface area contributed by atoms with Crippen LogP contribution in [0.1, 0.15) is 5.56 Å². The van der Waals surface area contributed by atoms with Crippen LogP contribution in [-0.4, -0.2) is 56.7 Å². The molecule has 0 bridgehead atoms. The van der Waals surface area contributed by atoms with Gasteiger partial charge in [0, 0.05) is 0 Å². The van der Waals surface area contributed by atoms with Crippen LogP contribution in [0.4, 0.5) is 61.5 Å². The molecular weight excluding hydrogens is 634 g/mol. The van der Waals surface area contributed by atoms with Crippen molar-refractivity contribution < 1.29 is 61.5 Å². The second-order valence-electron chi connectivity index (χ2n) is 6.85. The number of hydrogen-bond donors (Lipinski definition) is 0. The van der Waals surface area contributed by atoms with Crippen molar-refractivity contribution >= 4 is 28.2 Å². The van der Waals surface area contributed by atoms with E-state index in [0.717, 1.165) is 12.1 Å². The van der Waals surface area contributed by atoms with Crippen LogP contribution in [-0.2, 0) is 0 Å². The van der Waals surface area contributed by atoms with Crippen molar-refractivity contribution in [1.29, 1.82) is 0 Å². The third-order valence-corrected chi connectivity index (χ3v) is 7.46. The van der Waals surface area contributed by atoms with Gasteiger partial charge in [0.2, 0.25) is 0 Å². The van der Waals surface area contributed by atoms with Crippen LogP contribution in [0.5, 0.6) is 0 Å². The van der Waals surface area contributed by atoms with Crippen LogP contribution in [0.3, 0.4) is 0 Å². The first-order valence-corrected chi connectivity index (χ1v) is 11.2. The minimum atomic E-state index is -7.97. The zero-order valence-electron chi connectivity index (χ0n) is 16.5. The van der Waals surface area contributed by atoms with Gasteiger partial charge in [-0.2, -0.15) is 0 Å². The van der Waals surface area contributed by atoms with Gasteiger partial charge in [0.15, 0.2) is 0 Å². The Kier molecular flexibility index (Phi) is 7.90. The summed E-state index contributed by atoms with van der Waals surface area (Å²) in [5.74, 6) is -38.3. The van der Waals surface area contributed by atoms with Gasteiger partial charge in [-0.3, -0.25) is 0 Å². The summed E-state index contributed by atoms with van der Waals surface area (Å²) in [6.45, 7) is 0. The Morgan fingerprint density at radius 3 is 1.49 bits per heavy atom. The molecule has 0 aromatic heterocycles. The Bertz CT molecular complexity index is 1040. The molecule has 0 heterocycles. The molecule has 0 radical (unpaired) electrons. The monoisotopic (exact) mass is 646 g/mol. The standard InChI is InChI=1S/C20H10F14Te/c21-12-8-6-11(7-9-12)14(35-13-4-2-1-3-5-13)10-15(22,23)16(24,25)17(26,27)18(28,29)19(30,31)20(32,33)34/h1-10H/b14-10+. The number of hydrogen-bond acceptors (Lipinski definition) is 0. The maximum absolute atomic E-state index is 14.4. The Morgan fingerprint density at radius 1 is 0.571 bits per heavy atom. The van der Waals surface area contributed by atoms with Crippen molar-refractivity contribution in [3.05, 3.63) is 72.1 Å². The molecule has 0 fully saturated rings. The number of halogens is 14. The van der Waals surface area contributed by atoms with Gasteiger partial charge in [-0.05, 0) is 0 Å². The molecule has 0 unspecified atom stereocenters. The normalized spacial score (nSPS) is 14.9. The summed E-state index contributed by atoms with van der Waals surface area (Å²) in [6.07, 6.45) is -8.37. The summed E-state index contributed by atoms with van der Waals surface area (Å²) in [5.41, 5.74) is -0.427. The fourth-order valence-corrected chi connectivity index (χ4v) is 5.32. The summed E-state index contributed by atoms with van der Waals surface area (Å²) in [6, 6.07) is 9.72. The second-order valence-corrected chi connectivity index (χ2v) is 10.0. The minimum absolute atomic E-state index is 0.216. The third-order valence-electron chi connectivity index (χ3n) is 4.37.